The van der Waals surface area contributed by atoms with Gasteiger partial charge in [0.05, 0.1) is 19.2 Å². The number of carbonyl (C=O) groups excluding carboxylic acids is 1. The molecule has 0 fully saturated rings. The van der Waals surface area contributed by atoms with Crippen molar-refractivity contribution in [1.82, 2.24) is 9.97 Å². The molecular formula is C7H8ClN3O2. The Bertz CT molecular complexity index is 309. The van der Waals surface area contributed by atoms with Crippen molar-refractivity contribution in [3.05, 3.63) is 16.9 Å². The van der Waals surface area contributed by atoms with Gasteiger partial charge in [0.1, 0.15) is 5.15 Å². The number of anilines is 1. The first-order valence-electron chi connectivity index (χ1n) is 3.47. The highest BCUT2D eigenvalue weighted by molar-refractivity contribution is 6.29. The average Bonchev–Trinajstić information content (AvgIpc) is 2.02. The Kier molecular flexibility index (Phi) is 3.02. The van der Waals surface area contributed by atoms with E-state index < -0.39 is 5.97 Å². The second kappa shape index (κ2) is 4.04. The number of esters is 1. The average molecular weight is 202 g/mol. The lowest BCUT2D eigenvalue weighted by molar-refractivity contribution is -0.139. The van der Waals surface area contributed by atoms with Gasteiger partial charge in [0.25, 0.3) is 0 Å². The van der Waals surface area contributed by atoms with Crippen molar-refractivity contribution in [3.8, 4) is 0 Å². The summed E-state index contributed by atoms with van der Waals surface area (Å²) in [6, 6.07) is 1.47. The minimum Gasteiger partial charge on any atom is -0.469 e. The summed E-state index contributed by atoms with van der Waals surface area (Å²) in [5.41, 5.74) is 5.77. The molecule has 0 saturated heterocycles. The second-order valence-electron chi connectivity index (χ2n) is 2.29. The van der Waals surface area contributed by atoms with E-state index in [1.54, 1.807) is 0 Å². The molecule has 0 bridgehead atoms. The zero-order valence-electron chi connectivity index (χ0n) is 6.95. The third kappa shape index (κ3) is 2.87. The molecule has 13 heavy (non-hydrogen) atoms. The largest absolute Gasteiger partial charge is 0.469 e. The summed E-state index contributed by atoms with van der Waals surface area (Å²) in [7, 11) is 1.30. The van der Waals surface area contributed by atoms with Gasteiger partial charge in [-0.15, -0.1) is 0 Å². The van der Waals surface area contributed by atoms with Gasteiger partial charge >= 0.3 is 5.97 Å². The molecule has 0 atom stereocenters. The van der Waals surface area contributed by atoms with E-state index in [4.69, 9.17) is 17.3 Å². The van der Waals surface area contributed by atoms with Crippen LogP contribution in [0.25, 0.3) is 0 Å². The van der Waals surface area contributed by atoms with Crippen LogP contribution in [0.1, 0.15) is 5.69 Å². The first kappa shape index (κ1) is 9.73. The zero-order chi connectivity index (χ0) is 9.84. The quantitative estimate of drug-likeness (QED) is 0.555. The van der Waals surface area contributed by atoms with E-state index in [-0.39, 0.29) is 17.5 Å². The lowest BCUT2D eigenvalue weighted by Crippen LogP contribution is -2.08. The summed E-state index contributed by atoms with van der Waals surface area (Å²) in [4.78, 5) is 18.3. The Morgan fingerprint density at radius 1 is 1.69 bits per heavy atom. The first-order chi connectivity index (χ1) is 6.11. The minimum absolute atomic E-state index is 0.0446. The van der Waals surface area contributed by atoms with Gasteiger partial charge in [-0.25, -0.2) is 9.97 Å². The molecule has 0 aliphatic heterocycles. The normalized spacial score (nSPS) is 9.69. The molecule has 0 unspecified atom stereocenters. The van der Waals surface area contributed by atoms with Crippen molar-refractivity contribution in [2.24, 2.45) is 0 Å². The molecule has 0 amide bonds. The highest BCUT2D eigenvalue weighted by Crippen LogP contribution is 2.08. The number of halogens is 1. The van der Waals surface area contributed by atoms with E-state index in [2.05, 4.69) is 14.7 Å². The van der Waals surface area contributed by atoms with Gasteiger partial charge < -0.3 is 10.5 Å². The topological polar surface area (TPSA) is 78.1 Å². The predicted molar refractivity (Wildman–Crippen MR) is 47.2 cm³/mol. The van der Waals surface area contributed by atoms with Crippen molar-refractivity contribution >= 4 is 23.5 Å². The molecule has 5 nitrogen and oxygen atoms in total. The van der Waals surface area contributed by atoms with E-state index in [0.29, 0.717) is 5.69 Å². The number of aromatic nitrogens is 2. The highest BCUT2D eigenvalue weighted by Gasteiger charge is 2.06. The van der Waals surface area contributed by atoms with Crippen molar-refractivity contribution in [1.29, 1.82) is 0 Å². The van der Waals surface area contributed by atoms with Crippen molar-refractivity contribution < 1.29 is 9.53 Å². The monoisotopic (exact) mass is 201 g/mol. The maximum atomic E-state index is 10.8. The van der Waals surface area contributed by atoms with E-state index in [1.165, 1.54) is 13.2 Å². The van der Waals surface area contributed by atoms with Crippen LogP contribution < -0.4 is 5.73 Å². The van der Waals surface area contributed by atoms with Crippen LogP contribution in [-0.4, -0.2) is 23.0 Å². The molecule has 0 spiro atoms. The van der Waals surface area contributed by atoms with Crippen LogP contribution in [0.4, 0.5) is 5.95 Å². The molecule has 0 aromatic carbocycles. The van der Waals surface area contributed by atoms with E-state index >= 15 is 0 Å². The van der Waals surface area contributed by atoms with Gasteiger partial charge in [0.2, 0.25) is 5.95 Å². The van der Waals surface area contributed by atoms with Crippen molar-refractivity contribution in [2.75, 3.05) is 12.8 Å². The van der Waals surface area contributed by atoms with Crippen LogP contribution in [0.3, 0.4) is 0 Å². The molecule has 1 rings (SSSR count). The fourth-order valence-electron chi connectivity index (χ4n) is 0.794. The van der Waals surface area contributed by atoms with Gasteiger partial charge in [-0.2, -0.15) is 0 Å². The van der Waals surface area contributed by atoms with Crippen molar-refractivity contribution in [2.45, 2.75) is 6.42 Å². The third-order valence-electron chi connectivity index (χ3n) is 1.32. The molecule has 70 valence electrons. The van der Waals surface area contributed by atoms with Crippen LogP contribution in [0.2, 0.25) is 5.15 Å². The summed E-state index contributed by atoms with van der Waals surface area (Å²) in [6.45, 7) is 0. The fourth-order valence-corrected chi connectivity index (χ4v) is 1.01. The van der Waals surface area contributed by atoms with E-state index in [1.807, 2.05) is 0 Å². The van der Waals surface area contributed by atoms with Gasteiger partial charge in [0, 0.05) is 0 Å². The number of carbonyl (C=O) groups is 1. The molecule has 0 aliphatic carbocycles. The number of methoxy groups -OCH3 is 1. The molecule has 1 aromatic heterocycles. The molecule has 6 heteroatoms. The lowest BCUT2D eigenvalue weighted by Gasteiger charge is -2.00. The first-order valence-corrected chi connectivity index (χ1v) is 3.85. The fraction of sp³-hybridized carbons (Fsp3) is 0.286. The molecule has 0 aliphatic rings. The highest BCUT2D eigenvalue weighted by atomic mass is 35.5. The third-order valence-corrected chi connectivity index (χ3v) is 1.51. The predicted octanol–water partition coefficient (Wildman–Crippen LogP) is 0.428. The van der Waals surface area contributed by atoms with E-state index in [0.717, 1.165) is 0 Å². The van der Waals surface area contributed by atoms with Crippen molar-refractivity contribution in [3.63, 3.8) is 0 Å². The summed E-state index contributed by atoms with van der Waals surface area (Å²) < 4.78 is 4.45. The number of nitrogen functional groups attached to an aromatic ring is 1. The number of rotatable bonds is 2. The van der Waals surface area contributed by atoms with Gasteiger partial charge in [-0.05, 0) is 6.07 Å². The van der Waals surface area contributed by atoms with Crippen LogP contribution in [0.15, 0.2) is 6.07 Å². The number of hydrogen-bond acceptors (Lipinski definition) is 5. The van der Waals surface area contributed by atoms with Crippen LogP contribution in [0, 0.1) is 0 Å². The maximum absolute atomic E-state index is 10.8. The van der Waals surface area contributed by atoms with E-state index in [9.17, 15) is 4.79 Å². The zero-order valence-corrected chi connectivity index (χ0v) is 7.71. The Balaban J connectivity index is 2.83. The SMILES string of the molecule is COC(=O)Cc1cc(Cl)nc(N)n1. The summed E-state index contributed by atoms with van der Waals surface area (Å²) in [5, 5.41) is 0.214. The lowest BCUT2D eigenvalue weighted by atomic mass is 10.3. The van der Waals surface area contributed by atoms with Crippen LogP contribution in [-0.2, 0) is 16.0 Å². The van der Waals surface area contributed by atoms with Crippen LogP contribution >= 0.6 is 11.6 Å². The van der Waals surface area contributed by atoms with Gasteiger partial charge in [0.15, 0.2) is 0 Å². The standard InChI is InChI=1S/C7H8ClN3O2/c1-13-6(12)3-4-2-5(8)11-7(9)10-4/h2H,3H2,1H3,(H2,9,10,11). The molecular weight excluding hydrogens is 194 g/mol. The van der Waals surface area contributed by atoms with Crippen LogP contribution in [0.5, 0.6) is 0 Å². The smallest absolute Gasteiger partial charge is 0.311 e. The van der Waals surface area contributed by atoms with Gasteiger partial charge in [-0.1, -0.05) is 11.6 Å². The molecule has 1 heterocycles. The molecule has 0 radical (unpaired) electrons. The minimum atomic E-state index is -0.394. The van der Waals surface area contributed by atoms with Gasteiger partial charge in [-0.3, -0.25) is 4.79 Å². The summed E-state index contributed by atoms with van der Waals surface area (Å²) in [5.74, 6) is -0.347. The molecule has 1 aromatic rings. The number of nitrogens with two attached hydrogens (primary N) is 1. The Labute approximate surface area is 79.9 Å². The summed E-state index contributed by atoms with van der Waals surface area (Å²) in [6.07, 6.45) is 0.0446. The Hall–Kier alpha value is -1.36. The summed E-state index contributed by atoms with van der Waals surface area (Å²) >= 11 is 5.59. The number of hydrogen-bond donors (Lipinski definition) is 1. The Morgan fingerprint density at radius 2 is 2.38 bits per heavy atom. The number of ether oxygens (including phenoxy) is 1. The second-order valence-corrected chi connectivity index (χ2v) is 2.68. The molecule has 2 N–H and O–H groups in total. The number of nitrogens with zero attached hydrogens (tertiary/aromatic N) is 2. The maximum Gasteiger partial charge on any atom is 0.311 e. The Morgan fingerprint density at radius 3 is 2.92 bits per heavy atom. The molecule has 0 saturated carbocycles.